The van der Waals surface area contributed by atoms with E-state index in [4.69, 9.17) is 0 Å². The average molecular weight is 392 g/mol. The maximum atomic E-state index is 2.51. The third-order valence-corrected chi connectivity index (χ3v) is 61.5. The summed E-state index contributed by atoms with van der Waals surface area (Å²) in [5.41, 5.74) is 0. The van der Waals surface area contributed by atoms with E-state index in [9.17, 15) is 0 Å². The van der Waals surface area contributed by atoms with E-state index in [1.165, 1.54) is 0 Å². The van der Waals surface area contributed by atoms with Crippen molar-refractivity contribution in [3.8, 4) is 0 Å². The zero-order valence-corrected chi connectivity index (χ0v) is 17.3. The molecule has 0 radical (unpaired) electrons. The van der Waals surface area contributed by atoms with Crippen LogP contribution in [0.5, 0.6) is 0 Å². The normalized spacial score (nSPS) is 32.4. The number of hydrogen-bond donors (Lipinski definition) is 0. The second kappa shape index (κ2) is 4.88. The van der Waals surface area contributed by atoms with Crippen LogP contribution in [0.1, 0.15) is 62.3 Å². The molecule has 0 spiro atoms. The molecule has 4 heteroatoms. The molecule has 1 aliphatic rings. The molecule has 1 heterocycles. The van der Waals surface area contributed by atoms with Gasteiger partial charge in [-0.2, -0.15) is 0 Å². The van der Waals surface area contributed by atoms with Crippen LogP contribution >= 0.6 is 17.9 Å². The van der Waals surface area contributed by atoms with Crippen LogP contribution in [0.2, 0.25) is 0 Å². The Kier molecular flexibility index (Phi) is 4.92. The summed E-state index contributed by atoms with van der Waals surface area (Å²) in [6.07, 6.45) is 0. The Morgan fingerprint density at radius 1 is 0.562 bits per heavy atom. The molecule has 0 aliphatic carbocycles. The van der Waals surface area contributed by atoms with E-state index in [0.717, 1.165) is 0 Å². The van der Waals surface area contributed by atoms with E-state index in [-0.39, 0.29) is 0 Å². The van der Waals surface area contributed by atoms with Crippen molar-refractivity contribution in [2.45, 2.75) is 77.8 Å². The van der Waals surface area contributed by atoms with Crippen molar-refractivity contribution in [2.24, 2.45) is 0 Å². The summed E-state index contributed by atoms with van der Waals surface area (Å²) < 4.78 is 0. The van der Waals surface area contributed by atoms with Gasteiger partial charge in [0.05, 0.1) is 0 Å². The average Bonchev–Trinajstić information content (AvgIpc) is 1.68. The molecule has 0 aromatic rings. The van der Waals surface area contributed by atoms with Crippen LogP contribution in [-0.2, 0) is 0 Å². The van der Waals surface area contributed by atoms with Gasteiger partial charge in [-0.15, -0.1) is 0 Å². The van der Waals surface area contributed by atoms with Crippen LogP contribution in [-0.4, -0.2) is 35.3 Å². The van der Waals surface area contributed by atoms with Gasteiger partial charge in [-0.05, 0) is 0 Å². The molecular weight excluding hydrogens is 365 g/mol. The Labute approximate surface area is 115 Å². The molecular formula is C12H27P3Te. The minimum absolute atomic E-state index is 0.341. The van der Waals surface area contributed by atoms with Gasteiger partial charge in [-0.25, -0.2) is 0 Å². The number of hydrogen-bond acceptors (Lipinski definition) is 0. The van der Waals surface area contributed by atoms with Gasteiger partial charge in [0.25, 0.3) is 0 Å². The molecule has 1 saturated heterocycles. The van der Waals surface area contributed by atoms with Crippen molar-refractivity contribution in [1.82, 2.24) is 0 Å². The first-order chi connectivity index (χ1) is 6.85. The van der Waals surface area contributed by atoms with E-state index in [1.54, 1.807) is 0 Å². The Bertz CT molecular complexity index is 237. The SMILES string of the molecule is CC(C)(C)P1[Te]P(C(C)(C)C)P1C(C)(C)C. The fourth-order valence-corrected chi connectivity index (χ4v) is 70.5. The van der Waals surface area contributed by atoms with E-state index in [0.29, 0.717) is 53.2 Å². The Balaban J connectivity index is 2.92. The predicted octanol–water partition coefficient (Wildman–Crippen LogP) is 6.21. The molecule has 1 fully saturated rings. The molecule has 1 rings (SSSR count). The molecule has 2 atom stereocenters. The van der Waals surface area contributed by atoms with Gasteiger partial charge >= 0.3 is 116 Å². The topological polar surface area (TPSA) is 0 Å². The van der Waals surface area contributed by atoms with E-state index in [2.05, 4.69) is 62.3 Å². The predicted molar refractivity (Wildman–Crippen MR) is 85.8 cm³/mol. The Morgan fingerprint density at radius 2 is 0.875 bits per heavy atom. The van der Waals surface area contributed by atoms with Gasteiger partial charge in [0.2, 0.25) is 0 Å². The quantitative estimate of drug-likeness (QED) is 0.340. The van der Waals surface area contributed by atoms with Crippen molar-refractivity contribution in [1.29, 1.82) is 0 Å². The second-order valence-corrected chi connectivity index (χ2v) is 35.0. The van der Waals surface area contributed by atoms with Crippen LogP contribution in [0.25, 0.3) is 0 Å². The number of rotatable bonds is 0. The Hall–Kier alpha value is 2.08. The van der Waals surface area contributed by atoms with Gasteiger partial charge in [0.15, 0.2) is 0 Å². The summed E-state index contributed by atoms with van der Waals surface area (Å²) in [7, 11) is 0.346. The molecule has 16 heavy (non-hydrogen) atoms. The molecule has 0 amide bonds. The van der Waals surface area contributed by atoms with Crippen LogP contribution < -0.4 is 0 Å². The van der Waals surface area contributed by atoms with Crippen molar-refractivity contribution < 1.29 is 0 Å². The summed E-state index contributed by atoms with van der Waals surface area (Å²) >= 11 is 0.341. The van der Waals surface area contributed by atoms with Crippen molar-refractivity contribution in [2.75, 3.05) is 0 Å². The van der Waals surface area contributed by atoms with Gasteiger partial charge in [-0.1, -0.05) is 0 Å². The standard InChI is InChI=1S/C12H27P3Te/c1-10(2,3)13-14(11(4,5)6)16-15(13)12(7,8)9/h1-9H3. The first-order valence-corrected chi connectivity index (χ1v) is 17.5. The summed E-state index contributed by atoms with van der Waals surface area (Å²) in [6, 6.07) is 0. The van der Waals surface area contributed by atoms with Gasteiger partial charge in [0.1, 0.15) is 0 Å². The molecule has 0 N–H and O–H groups in total. The third kappa shape index (κ3) is 3.55. The zero-order valence-electron chi connectivity index (χ0n) is 12.2. The minimum atomic E-state index is 0.341. The first kappa shape index (κ1) is 16.1. The first-order valence-electron chi connectivity index (χ1n) is 5.94. The molecule has 0 bridgehead atoms. The summed E-state index contributed by atoms with van der Waals surface area (Å²) in [5, 5.41) is 2.75. The molecule has 0 saturated carbocycles. The zero-order chi connectivity index (χ0) is 12.9. The van der Waals surface area contributed by atoms with Crippen LogP contribution in [0.15, 0.2) is 0 Å². The van der Waals surface area contributed by atoms with Crippen LogP contribution in [0.3, 0.4) is 0 Å². The fraction of sp³-hybridized carbons (Fsp3) is 1.00. The van der Waals surface area contributed by atoms with Gasteiger partial charge in [-0.3, -0.25) is 0 Å². The summed E-state index contributed by atoms with van der Waals surface area (Å²) in [5.74, 6) is 0. The summed E-state index contributed by atoms with van der Waals surface area (Å²) in [6.45, 7) is 22.5. The molecule has 0 aromatic carbocycles. The molecule has 0 aromatic heterocycles. The van der Waals surface area contributed by atoms with Crippen LogP contribution in [0.4, 0.5) is 0 Å². The maximum absolute atomic E-state index is 2.51. The molecule has 0 nitrogen and oxygen atoms in total. The van der Waals surface area contributed by atoms with Gasteiger partial charge in [0, 0.05) is 0 Å². The molecule has 1 aliphatic heterocycles. The third-order valence-electron chi connectivity index (χ3n) is 2.25. The van der Waals surface area contributed by atoms with Crippen molar-refractivity contribution >= 4 is 37.7 Å². The second-order valence-electron chi connectivity index (χ2n) is 7.43. The van der Waals surface area contributed by atoms with Crippen molar-refractivity contribution in [3.63, 3.8) is 0 Å². The van der Waals surface area contributed by atoms with Crippen LogP contribution in [0, 0.1) is 0 Å². The van der Waals surface area contributed by atoms with E-state index < -0.39 is 0 Å². The Morgan fingerprint density at radius 3 is 1.06 bits per heavy atom. The molecule has 96 valence electrons. The van der Waals surface area contributed by atoms with E-state index >= 15 is 0 Å². The fourth-order valence-electron chi connectivity index (χ4n) is 1.55. The molecule has 2 unspecified atom stereocenters. The van der Waals surface area contributed by atoms with Gasteiger partial charge < -0.3 is 0 Å². The monoisotopic (exact) mass is 394 g/mol. The van der Waals surface area contributed by atoms with E-state index in [1.807, 2.05) is 0 Å². The summed E-state index contributed by atoms with van der Waals surface area (Å²) in [4.78, 5) is 0. The van der Waals surface area contributed by atoms with Crippen molar-refractivity contribution in [3.05, 3.63) is 0 Å².